The molecule has 2 amide bonds. The molecule has 118 valence electrons. The Balaban J connectivity index is 1.45. The van der Waals surface area contributed by atoms with E-state index >= 15 is 0 Å². The maximum atomic E-state index is 11.5. The molecule has 0 bridgehead atoms. The van der Waals surface area contributed by atoms with E-state index in [1.54, 1.807) is 21.6 Å². The summed E-state index contributed by atoms with van der Waals surface area (Å²) in [6, 6.07) is 3.02. The van der Waals surface area contributed by atoms with Crippen LogP contribution >= 0.6 is 21.6 Å². The third-order valence-corrected chi connectivity index (χ3v) is 4.77. The maximum Gasteiger partial charge on any atom is 0.273 e. The highest BCUT2D eigenvalue weighted by Crippen LogP contribution is 2.19. The standard InChI is InChI=1S/C12H14N4O4S2/c17-11(9-1-5-19-15-9)13-3-7-21-22-8-4-14-12(18)10-2-6-20-16-10/h1-2,5-6H,3-4,7-8H2,(H,13,17)(H,14,18). The van der Waals surface area contributed by atoms with Crippen LogP contribution in [-0.4, -0.2) is 46.7 Å². The lowest BCUT2D eigenvalue weighted by Crippen LogP contribution is -2.26. The first-order valence-electron chi connectivity index (χ1n) is 6.39. The predicted octanol–water partition coefficient (Wildman–Crippen LogP) is 1.20. The number of hydrogen-bond donors (Lipinski definition) is 2. The quantitative estimate of drug-likeness (QED) is 0.517. The summed E-state index contributed by atoms with van der Waals surface area (Å²) in [6.07, 6.45) is 2.71. The van der Waals surface area contributed by atoms with Gasteiger partial charge in [-0.3, -0.25) is 9.59 Å². The van der Waals surface area contributed by atoms with E-state index in [1.165, 1.54) is 24.7 Å². The Morgan fingerprint density at radius 1 is 0.909 bits per heavy atom. The molecule has 2 aromatic heterocycles. The number of aromatic nitrogens is 2. The third kappa shape index (κ3) is 5.45. The smallest absolute Gasteiger partial charge is 0.273 e. The van der Waals surface area contributed by atoms with E-state index in [0.717, 1.165) is 11.5 Å². The third-order valence-electron chi connectivity index (χ3n) is 2.37. The van der Waals surface area contributed by atoms with Crippen molar-refractivity contribution in [1.29, 1.82) is 0 Å². The SMILES string of the molecule is O=C(NCCSSCCNC(=O)c1ccon1)c1ccon1. The Morgan fingerprint density at radius 2 is 1.36 bits per heavy atom. The van der Waals surface area contributed by atoms with Crippen LogP contribution < -0.4 is 10.6 Å². The normalized spacial score (nSPS) is 10.4. The molecule has 0 spiro atoms. The fourth-order valence-electron chi connectivity index (χ4n) is 1.37. The van der Waals surface area contributed by atoms with Crippen molar-refractivity contribution >= 4 is 33.4 Å². The molecule has 0 saturated carbocycles. The van der Waals surface area contributed by atoms with Crippen LogP contribution in [0.1, 0.15) is 21.0 Å². The van der Waals surface area contributed by atoms with Gasteiger partial charge in [0.15, 0.2) is 11.4 Å². The molecule has 0 fully saturated rings. The lowest BCUT2D eigenvalue weighted by atomic mass is 10.4. The minimum atomic E-state index is -0.251. The molecule has 0 aliphatic rings. The van der Waals surface area contributed by atoms with Crippen LogP contribution in [0.2, 0.25) is 0 Å². The highest BCUT2D eigenvalue weighted by atomic mass is 33.1. The van der Waals surface area contributed by atoms with Gasteiger partial charge in [-0.25, -0.2) is 0 Å². The van der Waals surface area contributed by atoms with Crippen molar-refractivity contribution < 1.29 is 18.6 Å². The Kier molecular flexibility index (Phi) is 6.84. The lowest BCUT2D eigenvalue weighted by molar-refractivity contribution is 0.0938. The van der Waals surface area contributed by atoms with Crippen molar-refractivity contribution in [2.24, 2.45) is 0 Å². The minimum Gasteiger partial charge on any atom is -0.364 e. The molecule has 2 aromatic rings. The van der Waals surface area contributed by atoms with Gasteiger partial charge >= 0.3 is 0 Å². The van der Waals surface area contributed by atoms with E-state index in [-0.39, 0.29) is 23.2 Å². The molecule has 22 heavy (non-hydrogen) atoms. The first-order chi connectivity index (χ1) is 10.8. The average Bonchev–Trinajstić information content (AvgIpc) is 3.22. The van der Waals surface area contributed by atoms with Crippen LogP contribution in [0, 0.1) is 0 Å². The molecule has 0 radical (unpaired) electrons. The topological polar surface area (TPSA) is 110 Å². The van der Waals surface area contributed by atoms with Gasteiger partial charge in [0.1, 0.15) is 12.5 Å². The number of carbonyl (C=O) groups excluding carboxylic acids is 2. The zero-order chi connectivity index (χ0) is 15.6. The van der Waals surface area contributed by atoms with Crippen molar-refractivity contribution in [3.63, 3.8) is 0 Å². The van der Waals surface area contributed by atoms with E-state index in [9.17, 15) is 9.59 Å². The van der Waals surface area contributed by atoms with Crippen molar-refractivity contribution in [2.75, 3.05) is 24.6 Å². The van der Waals surface area contributed by atoms with Crippen molar-refractivity contribution in [3.8, 4) is 0 Å². The van der Waals surface area contributed by atoms with Crippen molar-refractivity contribution in [3.05, 3.63) is 36.0 Å². The summed E-state index contributed by atoms with van der Waals surface area (Å²) in [7, 11) is 3.23. The summed E-state index contributed by atoms with van der Waals surface area (Å²) in [6.45, 7) is 1.07. The predicted molar refractivity (Wildman–Crippen MR) is 82.6 cm³/mol. The molecule has 8 nitrogen and oxygen atoms in total. The fraction of sp³-hybridized carbons (Fsp3) is 0.333. The molecule has 2 heterocycles. The van der Waals surface area contributed by atoms with E-state index in [2.05, 4.69) is 30.0 Å². The fourth-order valence-corrected chi connectivity index (χ4v) is 3.18. The number of rotatable bonds is 9. The second kappa shape index (κ2) is 9.15. The average molecular weight is 342 g/mol. The molecule has 2 N–H and O–H groups in total. The number of amides is 2. The van der Waals surface area contributed by atoms with Crippen molar-refractivity contribution in [2.45, 2.75) is 0 Å². The summed E-state index contributed by atoms with van der Waals surface area (Å²) in [4.78, 5) is 23.0. The molecule has 0 unspecified atom stereocenters. The highest BCUT2D eigenvalue weighted by Gasteiger charge is 2.08. The Labute approximate surface area is 134 Å². The van der Waals surface area contributed by atoms with E-state index in [4.69, 9.17) is 0 Å². The zero-order valence-corrected chi connectivity index (χ0v) is 13.1. The van der Waals surface area contributed by atoms with Crippen LogP contribution in [0.25, 0.3) is 0 Å². The van der Waals surface area contributed by atoms with Gasteiger partial charge in [0, 0.05) is 36.7 Å². The Morgan fingerprint density at radius 3 is 1.73 bits per heavy atom. The van der Waals surface area contributed by atoms with Crippen LogP contribution in [0.15, 0.2) is 33.7 Å². The number of nitrogens with one attached hydrogen (secondary N) is 2. The van der Waals surface area contributed by atoms with Gasteiger partial charge in [0.2, 0.25) is 0 Å². The summed E-state index contributed by atoms with van der Waals surface area (Å²) in [5.74, 6) is 1.01. The monoisotopic (exact) mass is 342 g/mol. The molecule has 0 aliphatic heterocycles. The lowest BCUT2D eigenvalue weighted by Gasteiger charge is -2.04. The minimum absolute atomic E-state index is 0.251. The maximum absolute atomic E-state index is 11.5. The van der Waals surface area contributed by atoms with Gasteiger partial charge in [-0.05, 0) is 0 Å². The first kappa shape index (κ1) is 16.4. The van der Waals surface area contributed by atoms with Crippen LogP contribution in [-0.2, 0) is 0 Å². The Hall–Kier alpha value is -1.94. The Bertz CT molecular complexity index is 522. The van der Waals surface area contributed by atoms with Crippen LogP contribution in [0.4, 0.5) is 0 Å². The molecule has 0 atom stereocenters. The molecule has 2 rings (SSSR count). The number of nitrogens with zero attached hydrogens (tertiary/aromatic N) is 2. The summed E-state index contributed by atoms with van der Waals surface area (Å²) in [5, 5.41) is 12.5. The highest BCUT2D eigenvalue weighted by molar-refractivity contribution is 8.76. The molecule has 0 aromatic carbocycles. The van der Waals surface area contributed by atoms with Gasteiger partial charge in [-0.2, -0.15) is 0 Å². The molecule has 0 saturated heterocycles. The van der Waals surface area contributed by atoms with Gasteiger partial charge in [-0.15, -0.1) is 0 Å². The second-order valence-corrected chi connectivity index (χ2v) is 6.63. The van der Waals surface area contributed by atoms with Gasteiger partial charge in [0.25, 0.3) is 11.8 Å². The largest absolute Gasteiger partial charge is 0.364 e. The van der Waals surface area contributed by atoms with Gasteiger partial charge in [0.05, 0.1) is 0 Å². The molecular formula is C12H14N4O4S2. The molecule has 0 aliphatic carbocycles. The van der Waals surface area contributed by atoms with Crippen molar-refractivity contribution in [1.82, 2.24) is 20.9 Å². The zero-order valence-electron chi connectivity index (χ0n) is 11.5. The number of hydrogen-bond acceptors (Lipinski definition) is 8. The van der Waals surface area contributed by atoms with E-state index < -0.39 is 0 Å². The summed E-state index contributed by atoms with van der Waals surface area (Å²) >= 11 is 0. The first-order valence-corrected chi connectivity index (χ1v) is 8.88. The molecular weight excluding hydrogens is 328 g/mol. The molecule has 10 heteroatoms. The van der Waals surface area contributed by atoms with Crippen LogP contribution in [0.3, 0.4) is 0 Å². The van der Waals surface area contributed by atoms with Gasteiger partial charge in [-0.1, -0.05) is 31.9 Å². The second-order valence-electron chi connectivity index (χ2n) is 3.93. The van der Waals surface area contributed by atoms with Crippen LogP contribution in [0.5, 0.6) is 0 Å². The van der Waals surface area contributed by atoms with E-state index in [1.807, 2.05) is 0 Å². The van der Waals surface area contributed by atoms with E-state index in [0.29, 0.717) is 13.1 Å². The van der Waals surface area contributed by atoms with Gasteiger partial charge < -0.3 is 19.7 Å². The summed E-state index contributed by atoms with van der Waals surface area (Å²) in [5.41, 5.74) is 0.543. The summed E-state index contributed by atoms with van der Waals surface area (Å²) < 4.78 is 9.18. The number of carbonyl (C=O) groups is 2.